The van der Waals surface area contributed by atoms with E-state index in [1.165, 1.54) is 0 Å². The van der Waals surface area contributed by atoms with Crippen LogP contribution in [0.2, 0.25) is 0 Å². The van der Waals surface area contributed by atoms with E-state index in [0.717, 1.165) is 74.7 Å². The van der Waals surface area contributed by atoms with Crippen molar-refractivity contribution in [2.45, 2.75) is 24.7 Å². The van der Waals surface area contributed by atoms with Gasteiger partial charge in [-0.15, -0.1) is 0 Å². The van der Waals surface area contributed by atoms with Crippen molar-refractivity contribution >= 4 is 28.5 Å². The molecule has 2 N–H and O–H groups in total. The van der Waals surface area contributed by atoms with E-state index in [1.54, 1.807) is 0 Å². The first kappa shape index (κ1) is 21.7. The molecule has 0 spiro atoms. The smallest absolute Gasteiger partial charge is 0.164 e. The topological polar surface area (TPSA) is 109 Å². The van der Waals surface area contributed by atoms with Gasteiger partial charge in [0, 0.05) is 33.4 Å². The average Bonchev–Trinajstić information content (AvgIpc) is 3.73. The van der Waals surface area contributed by atoms with Crippen molar-refractivity contribution in [2.75, 3.05) is 0 Å². The summed E-state index contributed by atoms with van der Waals surface area (Å²) in [4.78, 5) is 37.2. The number of nitrogens with one attached hydrogen (secondary N) is 2. The third kappa shape index (κ3) is 3.13. The Kier molecular flexibility index (Phi) is 4.40. The van der Waals surface area contributed by atoms with Gasteiger partial charge < -0.3 is 9.97 Å². The van der Waals surface area contributed by atoms with Gasteiger partial charge in [0.05, 0.1) is 11.8 Å². The highest BCUT2D eigenvalue weighted by molar-refractivity contribution is 5.84. The molecule has 2 unspecified atom stereocenters. The lowest BCUT2D eigenvalue weighted by molar-refractivity contribution is 0.917. The fourth-order valence-electron chi connectivity index (χ4n) is 6.15. The molecule has 0 saturated heterocycles. The van der Waals surface area contributed by atoms with Gasteiger partial charge in [0.25, 0.3) is 0 Å². The summed E-state index contributed by atoms with van der Waals surface area (Å²) >= 11 is 0. The summed E-state index contributed by atoms with van der Waals surface area (Å²) in [5.74, 6) is 2.69. The highest BCUT2D eigenvalue weighted by atomic mass is 15.1. The molecule has 3 aromatic rings. The fraction of sp³-hybridized carbons (Fsp3) is 0.125. The summed E-state index contributed by atoms with van der Waals surface area (Å²) in [6, 6.07) is 8.11. The molecule has 2 aromatic heterocycles. The zero-order valence-corrected chi connectivity index (χ0v) is 21.3. The summed E-state index contributed by atoms with van der Waals surface area (Å²) in [6.45, 7) is 0. The molecule has 0 saturated carbocycles. The number of hydrogen-bond donors (Lipinski definition) is 2. The third-order valence-corrected chi connectivity index (χ3v) is 8.08. The Hall–Kier alpha value is -5.24. The maximum atomic E-state index is 5.10. The number of aryl methyl sites for hydroxylation is 1. The Labute approximate surface area is 228 Å². The number of aromatic nitrogens is 8. The van der Waals surface area contributed by atoms with Crippen LogP contribution in [-0.2, 0) is 6.42 Å². The predicted octanol–water partition coefficient (Wildman–Crippen LogP) is 4.03. The van der Waals surface area contributed by atoms with Gasteiger partial charge in [-0.05, 0) is 12.8 Å². The van der Waals surface area contributed by atoms with Crippen molar-refractivity contribution in [1.29, 1.82) is 0 Å². The standard InChI is InChI=1S/C32H22N8/c1-2-10-18-17(9-1)25-33-26(18)38-28-21-13-5-6-14-22(21)30(35-28)40-32-24-16-8-7-15-23(24)31(36-32)39-29-20-12-4-3-11-19(20)27(34-29)37-25/h1-7,9-15,17,20H,8,16H2,(H,33,37)(H,34,35,36,38,39,40). The van der Waals surface area contributed by atoms with E-state index in [-0.39, 0.29) is 11.8 Å². The maximum Gasteiger partial charge on any atom is 0.164 e. The Bertz CT molecular complexity index is 2130. The summed E-state index contributed by atoms with van der Waals surface area (Å²) in [5.41, 5.74) is 9.18. The first-order valence-corrected chi connectivity index (χ1v) is 13.5. The maximum absolute atomic E-state index is 5.10. The highest BCUT2D eigenvalue weighted by Crippen LogP contribution is 2.35. The van der Waals surface area contributed by atoms with Crippen LogP contribution < -0.4 is 11.0 Å². The number of aromatic amines is 2. The van der Waals surface area contributed by atoms with Crippen LogP contribution in [0.15, 0.2) is 78.9 Å². The molecular weight excluding hydrogens is 496 g/mol. The second kappa shape index (κ2) is 8.13. The molecular formula is C32H22N8. The minimum atomic E-state index is -0.0432. The Morgan fingerprint density at radius 2 is 1.48 bits per heavy atom. The molecule has 9 rings (SSSR count). The molecule has 5 heterocycles. The van der Waals surface area contributed by atoms with E-state index in [4.69, 9.17) is 29.9 Å². The fourth-order valence-corrected chi connectivity index (χ4v) is 6.15. The molecule has 3 aliphatic heterocycles. The van der Waals surface area contributed by atoms with E-state index < -0.39 is 0 Å². The van der Waals surface area contributed by atoms with Crippen LogP contribution in [0.1, 0.15) is 41.0 Å². The molecule has 40 heavy (non-hydrogen) atoms. The number of rotatable bonds is 0. The zero-order chi connectivity index (χ0) is 26.2. The number of nitrogens with zero attached hydrogens (tertiary/aromatic N) is 6. The molecule has 8 heteroatoms. The van der Waals surface area contributed by atoms with Crippen LogP contribution in [0.25, 0.3) is 51.3 Å². The quantitative estimate of drug-likeness (QED) is 0.364. The van der Waals surface area contributed by atoms with E-state index in [9.17, 15) is 0 Å². The number of H-pyrrole nitrogens is 2. The highest BCUT2D eigenvalue weighted by Gasteiger charge is 2.27. The van der Waals surface area contributed by atoms with Gasteiger partial charge in [-0.1, -0.05) is 85.0 Å². The number of fused-ring (bicyclic) bond motifs is 18. The van der Waals surface area contributed by atoms with Crippen molar-refractivity contribution in [1.82, 2.24) is 39.9 Å². The minimum absolute atomic E-state index is 0.0432. The summed E-state index contributed by atoms with van der Waals surface area (Å²) in [6.07, 6.45) is 22.8. The molecule has 8 bridgehead atoms. The first-order chi connectivity index (χ1) is 19.8. The molecule has 0 fully saturated rings. The van der Waals surface area contributed by atoms with Gasteiger partial charge in [0.2, 0.25) is 0 Å². The van der Waals surface area contributed by atoms with Crippen LogP contribution in [0.3, 0.4) is 0 Å². The second-order valence-electron chi connectivity index (χ2n) is 10.4. The number of hydrogen-bond acceptors (Lipinski definition) is 6. The molecule has 0 radical (unpaired) electrons. The van der Waals surface area contributed by atoms with Crippen molar-refractivity contribution in [3.63, 3.8) is 0 Å². The third-order valence-electron chi connectivity index (χ3n) is 8.08. The molecule has 8 nitrogen and oxygen atoms in total. The van der Waals surface area contributed by atoms with Gasteiger partial charge in [0.1, 0.15) is 28.4 Å². The van der Waals surface area contributed by atoms with Crippen LogP contribution in [0.5, 0.6) is 0 Å². The van der Waals surface area contributed by atoms with Crippen molar-refractivity contribution in [3.05, 3.63) is 113 Å². The van der Waals surface area contributed by atoms with Crippen molar-refractivity contribution in [2.24, 2.45) is 0 Å². The van der Waals surface area contributed by atoms with Crippen LogP contribution in [0, 0.1) is 0 Å². The lowest BCUT2D eigenvalue weighted by Crippen LogP contribution is -2.14. The van der Waals surface area contributed by atoms with Crippen molar-refractivity contribution in [3.8, 4) is 22.8 Å². The Morgan fingerprint density at radius 3 is 2.35 bits per heavy atom. The molecule has 0 amide bonds. The summed E-state index contributed by atoms with van der Waals surface area (Å²) in [7, 11) is 0. The molecule has 1 aromatic carbocycles. The van der Waals surface area contributed by atoms with Crippen LogP contribution in [-0.4, -0.2) is 39.9 Å². The van der Waals surface area contributed by atoms with Gasteiger partial charge in [0.15, 0.2) is 17.1 Å². The molecule has 3 aliphatic carbocycles. The van der Waals surface area contributed by atoms with Gasteiger partial charge in [-0.3, -0.25) is 0 Å². The molecule has 6 aliphatic rings. The Morgan fingerprint density at radius 1 is 0.675 bits per heavy atom. The number of benzene rings is 1. The molecule has 190 valence electrons. The van der Waals surface area contributed by atoms with Gasteiger partial charge in [-0.2, -0.15) is 0 Å². The normalized spacial score (nSPS) is 20.2. The lowest BCUT2D eigenvalue weighted by atomic mass is 9.95. The van der Waals surface area contributed by atoms with Crippen LogP contribution >= 0.6 is 0 Å². The Balaban J connectivity index is 1.46. The number of allylic oxidation sites excluding steroid dienone is 9. The van der Waals surface area contributed by atoms with Crippen LogP contribution in [0.4, 0.5) is 0 Å². The monoisotopic (exact) mass is 518 g/mol. The SMILES string of the molecule is C1=CC2=c3nc4nc(nc5[nH]c(nc6nc([nH]c(n3)C2C=C1)=C1C=CC=CC16)c1c5CCC=C1)-c1ccccc1-4. The lowest BCUT2D eigenvalue weighted by Gasteiger charge is -2.10. The summed E-state index contributed by atoms with van der Waals surface area (Å²) < 4.78 is 0. The molecule has 2 atom stereocenters. The minimum Gasteiger partial charge on any atom is -0.327 e. The second-order valence-corrected chi connectivity index (χ2v) is 10.4. The van der Waals surface area contributed by atoms with E-state index >= 15 is 0 Å². The van der Waals surface area contributed by atoms with E-state index in [2.05, 4.69) is 52.5 Å². The van der Waals surface area contributed by atoms with Gasteiger partial charge >= 0.3 is 0 Å². The summed E-state index contributed by atoms with van der Waals surface area (Å²) in [5, 5.41) is 0. The van der Waals surface area contributed by atoms with E-state index in [0.29, 0.717) is 17.1 Å². The predicted molar refractivity (Wildman–Crippen MR) is 153 cm³/mol. The largest absolute Gasteiger partial charge is 0.327 e. The van der Waals surface area contributed by atoms with E-state index in [1.807, 2.05) is 42.5 Å². The van der Waals surface area contributed by atoms with Crippen molar-refractivity contribution < 1.29 is 0 Å². The van der Waals surface area contributed by atoms with Gasteiger partial charge in [-0.25, -0.2) is 29.9 Å². The first-order valence-electron chi connectivity index (χ1n) is 13.5. The zero-order valence-electron chi connectivity index (χ0n) is 21.3. The average molecular weight is 519 g/mol.